The Morgan fingerprint density at radius 2 is 1.42 bits per heavy atom. The SMILES string of the molecule is CCC(CC)C(=O)/C=C(\O)C(CC)CC.CC[Si](CC)(CC)c1cc(-c2nccc3c2sc2c(CC(C)C)cccc23)[c-]c2ccccc12.[Ir]. The minimum absolute atomic E-state index is 0. The third-order valence-corrected chi connectivity index (χ3v) is 17.8. The molecule has 0 aliphatic heterocycles. The molecule has 2 aromatic heterocycles. The summed E-state index contributed by atoms with van der Waals surface area (Å²) in [5.41, 5.74) is 3.70. The average Bonchev–Trinajstić information content (AvgIpc) is 3.50. The Balaban J connectivity index is 0.000000361. The van der Waals surface area contributed by atoms with Crippen LogP contribution in [0.15, 0.2) is 72.6 Å². The van der Waals surface area contributed by atoms with Crippen molar-refractivity contribution >= 4 is 61.3 Å². The van der Waals surface area contributed by atoms with Crippen molar-refractivity contribution in [1.29, 1.82) is 0 Å². The van der Waals surface area contributed by atoms with E-state index in [-0.39, 0.29) is 43.5 Å². The molecule has 5 aromatic rings. The molecule has 0 atom stereocenters. The molecule has 0 saturated heterocycles. The maximum atomic E-state index is 11.7. The maximum Gasteiger partial charge on any atom is 0.162 e. The Kier molecular flexibility index (Phi) is 16.1. The summed E-state index contributed by atoms with van der Waals surface area (Å²) in [5.74, 6) is 1.19. The third kappa shape index (κ3) is 9.04. The quantitative estimate of drug-likeness (QED) is 0.0523. The average molecular weight is 885 g/mol. The minimum Gasteiger partial charge on any atom is -0.512 e. The van der Waals surface area contributed by atoms with Crippen molar-refractivity contribution in [3.63, 3.8) is 0 Å². The second kappa shape index (κ2) is 19.3. The van der Waals surface area contributed by atoms with Crippen molar-refractivity contribution in [2.24, 2.45) is 17.8 Å². The van der Waals surface area contributed by atoms with E-state index >= 15 is 0 Å². The van der Waals surface area contributed by atoms with Crippen LogP contribution in [0.4, 0.5) is 0 Å². The Morgan fingerprint density at radius 1 is 0.820 bits per heavy atom. The van der Waals surface area contributed by atoms with Gasteiger partial charge in [-0.1, -0.05) is 128 Å². The number of nitrogens with zero attached hydrogens (tertiary/aromatic N) is 1. The normalized spacial score (nSPS) is 12.2. The zero-order chi connectivity index (χ0) is 35.7. The number of benzene rings is 3. The Morgan fingerprint density at radius 3 is 2.02 bits per heavy atom. The summed E-state index contributed by atoms with van der Waals surface area (Å²) < 4.78 is 2.71. The molecule has 3 nitrogen and oxygen atoms in total. The van der Waals surface area contributed by atoms with Crippen LogP contribution >= 0.6 is 11.3 Å². The number of hydrogen-bond donors (Lipinski definition) is 1. The van der Waals surface area contributed by atoms with Gasteiger partial charge in [0.05, 0.1) is 13.8 Å². The van der Waals surface area contributed by atoms with Crippen LogP contribution < -0.4 is 5.19 Å². The second-order valence-corrected chi connectivity index (χ2v) is 20.3. The van der Waals surface area contributed by atoms with E-state index in [0.29, 0.717) is 5.92 Å². The van der Waals surface area contributed by atoms with E-state index in [1.807, 2.05) is 45.2 Å². The summed E-state index contributed by atoms with van der Waals surface area (Å²) in [4.78, 5) is 16.7. The molecule has 0 unspecified atom stereocenters. The van der Waals surface area contributed by atoms with Crippen molar-refractivity contribution < 1.29 is 30.0 Å². The molecule has 0 aliphatic rings. The fraction of sp³-hybridized carbons (Fsp3) is 0.455. The van der Waals surface area contributed by atoms with Crippen LogP contribution in [0.25, 0.3) is 42.2 Å². The first-order chi connectivity index (χ1) is 23.6. The van der Waals surface area contributed by atoms with Gasteiger partial charge in [-0.05, 0) is 55.0 Å². The van der Waals surface area contributed by atoms with E-state index in [4.69, 9.17) is 4.98 Å². The first-order valence-corrected chi connectivity index (χ1v) is 22.2. The number of allylic oxidation sites excluding steroid dienone is 2. The minimum atomic E-state index is -1.59. The summed E-state index contributed by atoms with van der Waals surface area (Å²) in [5, 5.41) is 16.7. The van der Waals surface area contributed by atoms with E-state index in [1.165, 1.54) is 60.7 Å². The number of carbonyl (C=O) groups excluding carboxylic acids is 1. The number of ketones is 1. The molecule has 0 spiro atoms. The van der Waals surface area contributed by atoms with Crippen LogP contribution in [0.2, 0.25) is 18.1 Å². The van der Waals surface area contributed by atoms with Crippen LogP contribution in [0.3, 0.4) is 0 Å². The first kappa shape index (κ1) is 41.8. The van der Waals surface area contributed by atoms with Crippen LogP contribution in [-0.4, -0.2) is 23.9 Å². The number of aliphatic hydroxyl groups excluding tert-OH is 1. The van der Waals surface area contributed by atoms with Gasteiger partial charge in [0, 0.05) is 64.7 Å². The van der Waals surface area contributed by atoms with Crippen molar-refractivity contribution in [3.05, 3.63) is 84.3 Å². The van der Waals surface area contributed by atoms with Crippen molar-refractivity contribution in [2.75, 3.05) is 0 Å². The van der Waals surface area contributed by atoms with Gasteiger partial charge < -0.3 is 5.11 Å². The van der Waals surface area contributed by atoms with Gasteiger partial charge in [-0.3, -0.25) is 9.78 Å². The van der Waals surface area contributed by atoms with Crippen LogP contribution in [0, 0.1) is 23.8 Å². The van der Waals surface area contributed by atoms with Crippen molar-refractivity contribution in [3.8, 4) is 11.3 Å². The smallest absolute Gasteiger partial charge is 0.162 e. The van der Waals surface area contributed by atoms with Gasteiger partial charge in [0.15, 0.2) is 5.78 Å². The van der Waals surface area contributed by atoms with Gasteiger partial charge in [0.25, 0.3) is 0 Å². The number of aromatic nitrogens is 1. The molecule has 271 valence electrons. The van der Waals surface area contributed by atoms with Crippen molar-refractivity contribution in [1.82, 2.24) is 4.98 Å². The standard InChI is InChI=1S/C31H34NSSi.C13H24O2.Ir/c1-6-34(7-2,8-3)28-20-24(19-22-12-9-10-14-25(22)28)29-31-27(16-17-32-29)26-15-11-13-23(18-21(4)5)30(26)33-31;1-5-10(6-2)12(14)9-13(15)11(7-3)8-4;/h9-17,20-21H,6-8,18H2,1-5H3;9-11,14H,5-8H2,1-4H3;/q-1;;/b;12-9-;. The zero-order valence-corrected chi connectivity index (χ0v) is 36.0. The molecular weight excluding hydrogens is 827 g/mol. The topological polar surface area (TPSA) is 50.2 Å². The van der Waals surface area contributed by atoms with E-state index in [2.05, 4.69) is 95.3 Å². The van der Waals surface area contributed by atoms with Crippen LogP contribution in [0.1, 0.15) is 93.6 Å². The van der Waals surface area contributed by atoms with E-state index in [0.717, 1.165) is 43.4 Å². The number of rotatable bonds is 14. The molecule has 0 saturated carbocycles. The number of thiophene rings is 1. The van der Waals surface area contributed by atoms with Gasteiger partial charge in [0.2, 0.25) is 0 Å². The predicted molar refractivity (Wildman–Crippen MR) is 218 cm³/mol. The largest absolute Gasteiger partial charge is 0.512 e. The van der Waals surface area contributed by atoms with Gasteiger partial charge in [-0.2, -0.15) is 0 Å². The van der Waals surface area contributed by atoms with Crippen LogP contribution in [-0.2, 0) is 31.3 Å². The Labute approximate surface area is 320 Å². The molecule has 0 fully saturated rings. The Hall–Kier alpha value is -2.63. The maximum absolute atomic E-state index is 11.7. The first-order valence-electron chi connectivity index (χ1n) is 18.8. The summed E-state index contributed by atoms with van der Waals surface area (Å²) in [6.07, 6.45) is 8.01. The summed E-state index contributed by atoms with van der Waals surface area (Å²) >= 11 is 1.92. The molecule has 3 aromatic carbocycles. The zero-order valence-electron chi connectivity index (χ0n) is 31.8. The monoisotopic (exact) mass is 885 g/mol. The number of aliphatic hydroxyl groups is 1. The third-order valence-electron chi connectivity index (χ3n) is 10.8. The summed E-state index contributed by atoms with van der Waals surface area (Å²) in [6, 6.07) is 27.9. The second-order valence-electron chi connectivity index (χ2n) is 14.0. The molecule has 0 bridgehead atoms. The van der Waals surface area contributed by atoms with Crippen LogP contribution in [0.5, 0.6) is 0 Å². The molecule has 1 radical (unpaired) electrons. The number of carbonyl (C=O) groups is 1. The van der Waals surface area contributed by atoms with Crippen molar-refractivity contribution in [2.45, 2.75) is 113 Å². The van der Waals surface area contributed by atoms with E-state index < -0.39 is 8.07 Å². The number of pyridine rings is 1. The molecule has 2 heterocycles. The van der Waals surface area contributed by atoms with E-state index in [1.54, 1.807) is 5.19 Å². The fourth-order valence-electron chi connectivity index (χ4n) is 7.47. The molecule has 0 aliphatic carbocycles. The van der Waals surface area contributed by atoms with Gasteiger partial charge in [-0.15, -0.1) is 40.1 Å². The fourth-order valence-corrected chi connectivity index (χ4v) is 12.7. The Bertz CT molecular complexity index is 1870. The molecule has 6 heteroatoms. The number of hydrogen-bond acceptors (Lipinski definition) is 4. The van der Waals surface area contributed by atoms with Gasteiger partial charge >= 0.3 is 0 Å². The number of fused-ring (bicyclic) bond motifs is 4. The van der Waals surface area contributed by atoms with E-state index in [9.17, 15) is 9.90 Å². The molecule has 5 rings (SSSR count). The summed E-state index contributed by atoms with van der Waals surface area (Å²) in [6.45, 7) is 19.9. The molecule has 50 heavy (non-hydrogen) atoms. The molecule has 0 amide bonds. The van der Waals surface area contributed by atoms with Gasteiger partial charge in [0.1, 0.15) is 0 Å². The predicted octanol–water partition coefficient (Wildman–Crippen LogP) is 12.9. The molecular formula is C44H58IrNO2SSi-. The summed E-state index contributed by atoms with van der Waals surface area (Å²) in [7, 11) is -1.59. The molecule has 1 N–H and O–H groups in total. The van der Waals surface area contributed by atoms with Gasteiger partial charge in [-0.25, -0.2) is 0 Å².